The van der Waals surface area contributed by atoms with Crippen molar-refractivity contribution >= 4 is 0 Å². The van der Waals surface area contributed by atoms with E-state index in [0.29, 0.717) is 23.3 Å². The fourth-order valence-electron chi connectivity index (χ4n) is 2.33. The van der Waals surface area contributed by atoms with Crippen LogP contribution in [0.3, 0.4) is 0 Å². The van der Waals surface area contributed by atoms with Crippen molar-refractivity contribution < 1.29 is 4.74 Å². The van der Waals surface area contributed by atoms with Crippen molar-refractivity contribution in [2.45, 2.75) is 32.9 Å². The van der Waals surface area contributed by atoms with Gasteiger partial charge in [0.2, 0.25) is 5.88 Å². The summed E-state index contributed by atoms with van der Waals surface area (Å²) < 4.78 is 5.02. The van der Waals surface area contributed by atoms with Crippen LogP contribution >= 0.6 is 0 Å². The third-order valence-corrected chi connectivity index (χ3v) is 3.34. The molecular formula is C14H17N5O. The topological polar surface area (TPSA) is 72.8 Å². The molecule has 0 unspecified atom stereocenters. The Kier molecular flexibility index (Phi) is 3.31. The van der Waals surface area contributed by atoms with Gasteiger partial charge in [0.1, 0.15) is 5.69 Å². The van der Waals surface area contributed by atoms with Gasteiger partial charge in [-0.25, -0.2) is 9.97 Å². The average molecular weight is 271 g/mol. The molecule has 104 valence electrons. The first-order valence-corrected chi connectivity index (χ1v) is 6.67. The minimum Gasteiger partial charge on any atom is -0.480 e. The van der Waals surface area contributed by atoms with Crippen LogP contribution in [-0.2, 0) is 13.1 Å². The van der Waals surface area contributed by atoms with E-state index in [1.165, 1.54) is 5.56 Å². The zero-order chi connectivity index (χ0) is 14.1. The van der Waals surface area contributed by atoms with Gasteiger partial charge in [-0.15, -0.1) is 10.2 Å². The molecule has 0 saturated heterocycles. The Labute approximate surface area is 117 Å². The van der Waals surface area contributed by atoms with E-state index in [-0.39, 0.29) is 0 Å². The minimum absolute atomic E-state index is 0.358. The molecule has 3 rings (SSSR count). The lowest BCUT2D eigenvalue weighted by Gasteiger charge is -2.11. The zero-order valence-corrected chi connectivity index (χ0v) is 11.8. The predicted octanol–water partition coefficient (Wildman–Crippen LogP) is 1.67. The van der Waals surface area contributed by atoms with Crippen LogP contribution in [0.2, 0.25) is 0 Å². The van der Waals surface area contributed by atoms with Gasteiger partial charge < -0.3 is 10.1 Å². The molecule has 6 heteroatoms. The first-order valence-electron chi connectivity index (χ1n) is 6.67. The number of nitrogens with one attached hydrogen (secondary N) is 1. The first kappa shape index (κ1) is 12.9. The standard InChI is InChI=1S/C14H17N5O/c1-8(2)13-9-6-15-7-11(9)16-14(17-13)10-4-5-12(20-3)19-18-10/h4-5,8,15H,6-7H2,1-3H3. The Morgan fingerprint density at radius 2 is 2.00 bits per heavy atom. The second-order valence-corrected chi connectivity index (χ2v) is 5.08. The van der Waals surface area contributed by atoms with Crippen molar-refractivity contribution in [1.82, 2.24) is 25.5 Å². The molecule has 0 amide bonds. The van der Waals surface area contributed by atoms with Gasteiger partial charge in [-0.1, -0.05) is 13.8 Å². The molecule has 3 heterocycles. The molecule has 0 saturated carbocycles. The molecule has 0 bridgehead atoms. The number of hydrogen-bond acceptors (Lipinski definition) is 6. The smallest absolute Gasteiger partial charge is 0.233 e. The number of aromatic nitrogens is 4. The Hall–Kier alpha value is -2.08. The van der Waals surface area contributed by atoms with Gasteiger partial charge in [0, 0.05) is 24.7 Å². The number of ether oxygens (including phenoxy) is 1. The molecule has 0 atom stereocenters. The number of rotatable bonds is 3. The van der Waals surface area contributed by atoms with Gasteiger partial charge in [-0.2, -0.15) is 0 Å². The van der Waals surface area contributed by atoms with Crippen LogP contribution in [0.25, 0.3) is 11.5 Å². The lowest BCUT2D eigenvalue weighted by molar-refractivity contribution is 0.392. The fourth-order valence-corrected chi connectivity index (χ4v) is 2.33. The summed E-state index contributed by atoms with van der Waals surface area (Å²) in [5.74, 6) is 1.48. The average Bonchev–Trinajstić information content (AvgIpc) is 2.94. The number of methoxy groups -OCH3 is 1. The summed E-state index contributed by atoms with van der Waals surface area (Å²) in [5, 5.41) is 11.4. The van der Waals surface area contributed by atoms with E-state index in [2.05, 4.69) is 39.3 Å². The molecule has 6 nitrogen and oxygen atoms in total. The van der Waals surface area contributed by atoms with Crippen molar-refractivity contribution in [2.24, 2.45) is 0 Å². The molecular weight excluding hydrogens is 254 g/mol. The summed E-state index contributed by atoms with van der Waals surface area (Å²) in [5.41, 5.74) is 4.05. The molecule has 0 spiro atoms. The Balaban J connectivity index is 2.07. The molecule has 0 fully saturated rings. The van der Waals surface area contributed by atoms with E-state index in [1.54, 1.807) is 13.2 Å². The summed E-state index contributed by atoms with van der Waals surface area (Å²) >= 11 is 0. The lowest BCUT2D eigenvalue weighted by atomic mass is 10.0. The highest BCUT2D eigenvalue weighted by atomic mass is 16.5. The van der Waals surface area contributed by atoms with E-state index < -0.39 is 0 Å². The highest BCUT2D eigenvalue weighted by molar-refractivity contribution is 5.51. The lowest BCUT2D eigenvalue weighted by Crippen LogP contribution is -2.06. The monoisotopic (exact) mass is 271 g/mol. The Bertz CT molecular complexity index is 624. The maximum absolute atomic E-state index is 5.02. The number of hydrogen-bond donors (Lipinski definition) is 1. The zero-order valence-electron chi connectivity index (χ0n) is 11.8. The van der Waals surface area contributed by atoms with Crippen molar-refractivity contribution in [2.75, 3.05) is 7.11 Å². The van der Waals surface area contributed by atoms with Gasteiger partial charge in [0.15, 0.2) is 5.82 Å². The normalized spacial score (nSPS) is 13.6. The van der Waals surface area contributed by atoms with Crippen molar-refractivity contribution in [3.63, 3.8) is 0 Å². The predicted molar refractivity (Wildman–Crippen MR) is 74.2 cm³/mol. The van der Waals surface area contributed by atoms with Crippen molar-refractivity contribution in [3.05, 3.63) is 29.1 Å². The van der Waals surface area contributed by atoms with E-state index >= 15 is 0 Å². The van der Waals surface area contributed by atoms with Crippen molar-refractivity contribution in [1.29, 1.82) is 0 Å². The largest absolute Gasteiger partial charge is 0.480 e. The van der Waals surface area contributed by atoms with E-state index in [9.17, 15) is 0 Å². The van der Waals surface area contributed by atoms with Gasteiger partial charge in [0.05, 0.1) is 18.5 Å². The molecule has 0 aromatic carbocycles. The molecule has 1 aliphatic rings. The summed E-state index contributed by atoms with van der Waals surface area (Å²) in [7, 11) is 1.57. The minimum atomic E-state index is 0.358. The Morgan fingerprint density at radius 3 is 2.65 bits per heavy atom. The van der Waals surface area contributed by atoms with E-state index in [1.807, 2.05) is 6.07 Å². The van der Waals surface area contributed by atoms with Gasteiger partial charge in [-0.3, -0.25) is 0 Å². The highest BCUT2D eigenvalue weighted by Crippen LogP contribution is 2.26. The summed E-state index contributed by atoms with van der Waals surface area (Å²) in [6, 6.07) is 3.60. The Morgan fingerprint density at radius 1 is 1.15 bits per heavy atom. The molecule has 20 heavy (non-hydrogen) atoms. The maximum atomic E-state index is 5.02. The van der Waals surface area contributed by atoms with Crippen LogP contribution < -0.4 is 10.1 Å². The van der Waals surface area contributed by atoms with Crippen LogP contribution in [0.15, 0.2) is 12.1 Å². The second kappa shape index (κ2) is 5.13. The molecule has 1 aliphatic heterocycles. The molecule has 1 N–H and O–H groups in total. The highest BCUT2D eigenvalue weighted by Gasteiger charge is 2.21. The molecule has 2 aromatic heterocycles. The van der Waals surface area contributed by atoms with E-state index in [0.717, 1.165) is 24.5 Å². The van der Waals surface area contributed by atoms with Gasteiger partial charge in [-0.05, 0) is 12.0 Å². The SMILES string of the molecule is COc1ccc(-c2nc3c(c(C(C)C)n2)CNC3)nn1. The van der Waals surface area contributed by atoms with Crippen LogP contribution in [0.4, 0.5) is 0 Å². The maximum Gasteiger partial charge on any atom is 0.233 e. The molecule has 0 radical (unpaired) electrons. The quantitative estimate of drug-likeness (QED) is 0.915. The van der Waals surface area contributed by atoms with Crippen molar-refractivity contribution in [3.8, 4) is 17.4 Å². The molecule has 0 aliphatic carbocycles. The summed E-state index contributed by atoms with van der Waals surface area (Å²) in [6.45, 7) is 5.92. The number of nitrogens with zero attached hydrogens (tertiary/aromatic N) is 4. The van der Waals surface area contributed by atoms with Crippen LogP contribution in [0.5, 0.6) is 5.88 Å². The van der Waals surface area contributed by atoms with Crippen LogP contribution in [0.1, 0.15) is 36.7 Å². The summed E-state index contributed by atoms with van der Waals surface area (Å²) in [6.07, 6.45) is 0. The third-order valence-electron chi connectivity index (χ3n) is 3.34. The fraction of sp³-hybridized carbons (Fsp3) is 0.429. The molecule has 2 aromatic rings. The second-order valence-electron chi connectivity index (χ2n) is 5.08. The third kappa shape index (κ3) is 2.22. The van der Waals surface area contributed by atoms with Gasteiger partial charge in [0.25, 0.3) is 0 Å². The van der Waals surface area contributed by atoms with E-state index in [4.69, 9.17) is 4.74 Å². The van der Waals surface area contributed by atoms with Crippen LogP contribution in [-0.4, -0.2) is 27.3 Å². The van der Waals surface area contributed by atoms with Crippen LogP contribution in [0, 0.1) is 0 Å². The first-order chi connectivity index (χ1) is 9.69. The number of fused-ring (bicyclic) bond motifs is 1. The van der Waals surface area contributed by atoms with Gasteiger partial charge >= 0.3 is 0 Å². The summed E-state index contributed by atoms with van der Waals surface area (Å²) in [4.78, 5) is 9.28.